The number of rotatable bonds is 4. The molecule has 0 rings (SSSR count). The molecule has 0 aromatic heterocycles. The minimum absolute atomic E-state index is 0. The molecule has 0 aliphatic heterocycles. The summed E-state index contributed by atoms with van der Waals surface area (Å²) in [5, 5.41) is 41.2. The predicted octanol–water partition coefficient (Wildman–Crippen LogP) is 3.03. The van der Waals surface area contributed by atoms with Crippen molar-refractivity contribution in [1.29, 1.82) is 21.0 Å². The second kappa shape index (κ2) is 9.53. The summed E-state index contributed by atoms with van der Waals surface area (Å²) in [6, 6.07) is 0. The molecule has 0 aliphatic carbocycles. The number of hydrogen-bond donors (Lipinski definition) is 1. The van der Waals surface area contributed by atoms with E-state index in [-0.39, 0.29) is 6.15 Å². The van der Waals surface area contributed by atoms with E-state index in [0.717, 1.165) is 38.3 Å². The Kier molecular flexibility index (Phi) is 11.2. The summed E-state index contributed by atoms with van der Waals surface area (Å²) in [7, 11) is 0.805. The molecule has 10 heteroatoms. The minimum atomic E-state index is -2.69. The average Bonchev–Trinajstić information content (AvgIpc) is 2.06. The topological polar surface area (TPSA) is 132 Å². The van der Waals surface area contributed by atoms with Crippen molar-refractivity contribution in [1.82, 2.24) is 6.15 Å². The van der Waals surface area contributed by atoms with E-state index in [2.05, 4.69) is 0 Å². The van der Waals surface area contributed by atoms with Gasteiger partial charge in [0.15, 0.2) is 0 Å². The van der Waals surface area contributed by atoms with E-state index < -0.39 is 10.5 Å². The summed E-state index contributed by atoms with van der Waals surface area (Å²) in [5.74, 6) is 0. The SMILES string of the molecule is N#C[S][Pd-]([S]C#N)([S]C#N)[S]C#N.[NH4+]. The zero-order chi connectivity index (χ0) is 10.2. The Morgan fingerprint density at radius 1 is 0.643 bits per heavy atom. The first-order valence-corrected chi connectivity index (χ1v) is 12.5. The summed E-state index contributed by atoms with van der Waals surface area (Å²) in [4.78, 5) is 0. The van der Waals surface area contributed by atoms with Crippen molar-refractivity contribution >= 4 is 38.3 Å². The fourth-order valence-electron chi connectivity index (χ4n) is 0.220. The monoisotopic (exact) mass is 356 g/mol. The Morgan fingerprint density at radius 2 is 0.857 bits per heavy atom. The number of nitrogens with zero attached hydrogens (tertiary/aromatic N) is 4. The molecule has 0 radical (unpaired) electrons. The third-order valence-corrected chi connectivity index (χ3v) is 18.9. The standard InChI is InChI=1S/4CHNS.H3N.Pd/c4*2-1-3;;/h4*3H;1H3;/q;;;;;+3/p-3. The van der Waals surface area contributed by atoms with E-state index >= 15 is 0 Å². The quantitative estimate of drug-likeness (QED) is 0.600. The third-order valence-electron chi connectivity index (χ3n) is 0.432. The molecule has 0 saturated carbocycles. The number of hydrogen-bond acceptors (Lipinski definition) is 8. The Balaban J connectivity index is 0. The molecule has 0 heterocycles. The van der Waals surface area contributed by atoms with Gasteiger partial charge in [-0.1, -0.05) is 0 Å². The molecular formula is C4H4N5PdS4. The van der Waals surface area contributed by atoms with Gasteiger partial charge < -0.3 is 6.15 Å². The average molecular weight is 357 g/mol. The zero-order valence-corrected chi connectivity index (χ0v) is 11.6. The fourth-order valence-corrected chi connectivity index (χ4v) is 11.7. The summed E-state index contributed by atoms with van der Waals surface area (Å²) >= 11 is 0. The van der Waals surface area contributed by atoms with Crippen LogP contribution in [-0.4, -0.2) is 0 Å². The van der Waals surface area contributed by atoms with Gasteiger partial charge in [0.2, 0.25) is 0 Å². The molecule has 0 aromatic carbocycles. The van der Waals surface area contributed by atoms with Crippen LogP contribution in [0.4, 0.5) is 0 Å². The maximum Gasteiger partial charge on any atom is -0.369 e. The van der Waals surface area contributed by atoms with Gasteiger partial charge in [-0.2, -0.15) is 0 Å². The van der Waals surface area contributed by atoms with Gasteiger partial charge in [0, 0.05) is 0 Å². The summed E-state index contributed by atoms with van der Waals surface area (Å²) in [6.45, 7) is 0. The molecule has 0 aromatic rings. The van der Waals surface area contributed by atoms with Crippen LogP contribution in [0.2, 0.25) is 0 Å². The normalized spacial score (nSPS) is 9.43. The second-order valence-electron chi connectivity index (χ2n) is 0.940. The van der Waals surface area contributed by atoms with Crippen molar-refractivity contribution in [2.75, 3.05) is 0 Å². The van der Waals surface area contributed by atoms with Gasteiger partial charge in [-0.3, -0.25) is 0 Å². The van der Waals surface area contributed by atoms with Crippen LogP contribution >= 0.6 is 38.3 Å². The molecular weight excluding hydrogens is 353 g/mol. The van der Waals surface area contributed by atoms with Crippen molar-refractivity contribution in [2.45, 2.75) is 0 Å². The summed E-state index contributed by atoms with van der Waals surface area (Å²) in [6.07, 6.45) is 0. The van der Waals surface area contributed by atoms with Crippen LogP contribution in [0.3, 0.4) is 0 Å². The van der Waals surface area contributed by atoms with Crippen LogP contribution in [0.1, 0.15) is 0 Å². The predicted molar refractivity (Wildman–Crippen MR) is 58.8 cm³/mol. The van der Waals surface area contributed by atoms with Crippen molar-refractivity contribution in [3.8, 4) is 21.6 Å². The van der Waals surface area contributed by atoms with Gasteiger partial charge in [-0.25, -0.2) is 0 Å². The second-order valence-corrected chi connectivity index (χ2v) is 22.5. The van der Waals surface area contributed by atoms with Gasteiger partial charge in [-0.15, -0.1) is 0 Å². The van der Waals surface area contributed by atoms with Crippen molar-refractivity contribution < 1.29 is 10.5 Å². The molecule has 0 fully saturated rings. The molecule has 0 atom stereocenters. The van der Waals surface area contributed by atoms with Crippen LogP contribution in [-0.2, 0) is 10.5 Å². The number of quaternary nitrogens is 1. The van der Waals surface area contributed by atoms with Crippen LogP contribution in [0.15, 0.2) is 0 Å². The molecule has 0 amide bonds. The first-order valence-electron chi connectivity index (χ1n) is 2.23. The third kappa shape index (κ3) is 5.66. The maximum absolute atomic E-state index is 8.46. The van der Waals surface area contributed by atoms with E-state index in [0.29, 0.717) is 0 Å². The molecule has 0 spiro atoms. The van der Waals surface area contributed by atoms with Gasteiger partial charge >= 0.3 is 91.5 Å². The van der Waals surface area contributed by atoms with Crippen molar-refractivity contribution in [2.24, 2.45) is 0 Å². The number of nitriles is 4. The molecule has 5 nitrogen and oxygen atoms in total. The van der Waals surface area contributed by atoms with Crippen LogP contribution in [0.5, 0.6) is 0 Å². The Bertz CT molecular complexity index is 262. The first kappa shape index (κ1) is 16.4. The summed E-state index contributed by atoms with van der Waals surface area (Å²) in [5.41, 5.74) is 0. The summed E-state index contributed by atoms with van der Waals surface area (Å²) < 4.78 is 0. The smallest absolute Gasteiger partial charge is 0.369 e. The van der Waals surface area contributed by atoms with Gasteiger partial charge in [0.05, 0.1) is 0 Å². The Morgan fingerprint density at radius 3 is 1.00 bits per heavy atom. The molecule has 4 N–H and O–H groups in total. The zero-order valence-electron chi connectivity index (χ0n) is 6.74. The van der Waals surface area contributed by atoms with Gasteiger partial charge in [0.1, 0.15) is 0 Å². The molecule has 0 aliphatic rings. The van der Waals surface area contributed by atoms with Crippen LogP contribution < -0.4 is 6.15 Å². The molecule has 79 valence electrons. The van der Waals surface area contributed by atoms with Crippen molar-refractivity contribution in [3.05, 3.63) is 0 Å². The Hall–Kier alpha value is -0.0177. The molecule has 0 bridgehead atoms. The van der Waals surface area contributed by atoms with E-state index in [1.165, 1.54) is 0 Å². The molecule has 0 saturated heterocycles. The largest absolute Gasteiger partial charge is 0.369 e. The van der Waals surface area contributed by atoms with Gasteiger partial charge in [-0.05, 0) is 0 Å². The fraction of sp³-hybridized carbons (Fsp3) is 0. The van der Waals surface area contributed by atoms with E-state index in [4.69, 9.17) is 21.0 Å². The van der Waals surface area contributed by atoms with E-state index in [9.17, 15) is 0 Å². The van der Waals surface area contributed by atoms with E-state index in [1.54, 1.807) is 0 Å². The van der Waals surface area contributed by atoms with Crippen LogP contribution in [0.25, 0.3) is 0 Å². The molecule has 0 unspecified atom stereocenters. The van der Waals surface area contributed by atoms with Crippen LogP contribution in [0, 0.1) is 42.7 Å². The molecule has 14 heavy (non-hydrogen) atoms. The van der Waals surface area contributed by atoms with Crippen molar-refractivity contribution in [3.63, 3.8) is 0 Å². The first-order chi connectivity index (χ1) is 6.24. The maximum atomic E-state index is 8.46. The Labute approximate surface area is 96.9 Å². The number of thiocyanates is 4. The minimum Gasteiger partial charge on any atom is -0.369 e. The van der Waals surface area contributed by atoms with E-state index in [1.807, 2.05) is 21.6 Å². The van der Waals surface area contributed by atoms with Gasteiger partial charge in [0.25, 0.3) is 0 Å².